The third kappa shape index (κ3) is 6.39. The van der Waals surface area contributed by atoms with Crippen molar-refractivity contribution in [2.45, 2.75) is 71.6 Å². The molecule has 3 aliphatic rings. The van der Waals surface area contributed by atoms with Crippen LogP contribution < -0.4 is 20.7 Å². The molecule has 0 N–H and O–H groups in total. The minimum Gasteiger partial charge on any atom is -0.311 e. The van der Waals surface area contributed by atoms with Crippen LogP contribution in [0.3, 0.4) is 0 Å². The van der Waals surface area contributed by atoms with Crippen LogP contribution in [0.5, 0.6) is 0 Å². The molecule has 0 spiro atoms. The predicted molar refractivity (Wildman–Crippen MR) is 275 cm³/mol. The van der Waals surface area contributed by atoms with Gasteiger partial charge in [0.2, 0.25) is 6.71 Å². The topological polar surface area (TPSA) is 6.48 Å². The van der Waals surface area contributed by atoms with Crippen molar-refractivity contribution in [2.24, 2.45) is 0 Å². The molecule has 0 atom stereocenters. The van der Waals surface area contributed by atoms with Gasteiger partial charge in [0.1, 0.15) is 0 Å². The van der Waals surface area contributed by atoms with Crippen molar-refractivity contribution in [3.63, 3.8) is 0 Å². The highest BCUT2D eigenvalue weighted by atomic mass is 15.2. The molecule has 0 saturated heterocycles. The Bertz CT molecular complexity index is 3130. The van der Waals surface area contributed by atoms with E-state index < -0.39 is 0 Å². The van der Waals surface area contributed by atoms with Gasteiger partial charge in [0.05, 0.1) is 0 Å². The summed E-state index contributed by atoms with van der Waals surface area (Å²) < 4.78 is 0. The second-order valence-electron chi connectivity index (χ2n) is 20.6. The van der Waals surface area contributed by atoms with E-state index in [0.29, 0.717) is 0 Å². The molecule has 64 heavy (non-hydrogen) atoms. The van der Waals surface area contributed by atoms with E-state index in [0.717, 1.165) is 5.69 Å². The third-order valence-corrected chi connectivity index (χ3v) is 14.2. The highest BCUT2D eigenvalue weighted by Gasteiger charge is 2.53. The first kappa shape index (κ1) is 40.0. The molecule has 0 unspecified atom stereocenters. The molecule has 312 valence electrons. The molecule has 2 nitrogen and oxygen atoms in total. The minimum absolute atomic E-state index is 0.0282. The summed E-state index contributed by atoms with van der Waals surface area (Å²) in [6, 6.07) is 70.9. The summed E-state index contributed by atoms with van der Waals surface area (Å²) in [6.45, 7) is 18.7. The van der Waals surface area contributed by atoms with Crippen LogP contribution in [0.25, 0.3) is 39.1 Å². The first-order chi connectivity index (χ1) is 30.8. The molecule has 11 rings (SSSR count). The van der Waals surface area contributed by atoms with Gasteiger partial charge in [0, 0.05) is 45.1 Å². The quantitative estimate of drug-likeness (QED) is 0.160. The van der Waals surface area contributed by atoms with Crippen LogP contribution in [0.15, 0.2) is 194 Å². The number of hydrogen-bond donors (Lipinski definition) is 0. The smallest absolute Gasteiger partial charge is 0.248 e. The number of fused-ring (bicyclic) bond motifs is 5. The zero-order valence-electron chi connectivity index (χ0n) is 38.4. The van der Waals surface area contributed by atoms with Gasteiger partial charge < -0.3 is 9.80 Å². The fraction of sp³-hybridized carbons (Fsp3) is 0.180. The molecule has 3 heteroatoms. The molecule has 0 bridgehead atoms. The van der Waals surface area contributed by atoms with Crippen molar-refractivity contribution < 1.29 is 0 Å². The lowest BCUT2D eigenvalue weighted by Crippen LogP contribution is -2.57. The average Bonchev–Trinajstić information content (AvgIpc) is 3.54. The summed E-state index contributed by atoms with van der Waals surface area (Å²) in [6.07, 6.45) is 0. The van der Waals surface area contributed by atoms with Crippen molar-refractivity contribution in [1.82, 2.24) is 0 Å². The van der Waals surface area contributed by atoms with Crippen LogP contribution in [0, 0.1) is 0 Å². The van der Waals surface area contributed by atoms with Crippen molar-refractivity contribution in [3.8, 4) is 33.4 Å². The van der Waals surface area contributed by atoms with E-state index in [2.05, 4.69) is 253 Å². The van der Waals surface area contributed by atoms with Gasteiger partial charge in [0.25, 0.3) is 0 Å². The average molecular weight is 827 g/mol. The van der Waals surface area contributed by atoms with E-state index >= 15 is 0 Å². The predicted octanol–water partition coefficient (Wildman–Crippen LogP) is 15.1. The Kier molecular flexibility index (Phi) is 9.12. The third-order valence-electron chi connectivity index (χ3n) is 14.2. The van der Waals surface area contributed by atoms with Gasteiger partial charge in [-0.2, -0.15) is 0 Å². The van der Waals surface area contributed by atoms with E-state index in [1.165, 1.54) is 100 Å². The zero-order chi connectivity index (χ0) is 44.1. The number of nitrogens with zero attached hydrogens (tertiary/aromatic N) is 2. The molecule has 0 saturated carbocycles. The van der Waals surface area contributed by atoms with Gasteiger partial charge >= 0.3 is 0 Å². The first-order valence-electron chi connectivity index (χ1n) is 23.0. The molecule has 0 amide bonds. The number of hydrogen-bond acceptors (Lipinski definition) is 2. The highest BCUT2D eigenvalue weighted by Crippen LogP contribution is 2.56. The normalized spacial score (nSPS) is 14.8. The summed E-state index contributed by atoms with van der Waals surface area (Å²) in [4.78, 5) is 5.13. The Morgan fingerprint density at radius 3 is 1.52 bits per heavy atom. The van der Waals surface area contributed by atoms with E-state index in [-0.39, 0.29) is 23.0 Å². The Balaban J connectivity index is 1.16. The molecule has 2 aliphatic heterocycles. The summed E-state index contributed by atoms with van der Waals surface area (Å²) in [5.41, 5.74) is 24.1. The molecular formula is C61H55BN2. The molecule has 2 heterocycles. The van der Waals surface area contributed by atoms with Crippen LogP contribution in [0.1, 0.15) is 77.6 Å². The van der Waals surface area contributed by atoms with E-state index in [9.17, 15) is 0 Å². The van der Waals surface area contributed by atoms with Gasteiger partial charge in [-0.05, 0) is 120 Å². The summed E-state index contributed by atoms with van der Waals surface area (Å²) in [7, 11) is 0. The second-order valence-corrected chi connectivity index (χ2v) is 20.6. The van der Waals surface area contributed by atoms with Gasteiger partial charge in [-0.15, -0.1) is 0 Å². The van der Waals surface area contributed by atoms with Gasteiger partial charge in [0.15, 0.2) is 0 Å². The van der Waals surface area contributed by atoms with Gasteiger partial charge in [-0.1, -0.05) is 200 Å². The second kappa shape index (κ2) is 14.6. The maximum atomic E-state index is 2.60. The van der Waals surface area contributed by atoms with Crippen LogP contribution in [-0.2, 0) is 16.2 Å². The van der Waals surface area contributed by atoms with Gasteiger partial charge in [-0.3, -0.25) is 0 Å². The van der Waals surface area contributed by atoms with Crippen LogP contribution in [0.2, 0.25) is 0 Å². The molecule has 8 aromatic rings. The molecule has 0 radical (unpaired) electrons. The zero-order valence-corrected chi connectivity index (χ0v) is 38.4. The number of allylic oxidation sites excluding steroid dienone is 1. The number of anilines is 5. The minimum atomic E-state index is -0.294. The summed E-state index contributed by atoms with van der Waals surface area (Å²) in [5.74, 6) is 0. The monoisotopic (exact) mass is 826 g/mol. The van der Waals surface area contributed by atoms with E-state index in [1.54, 1.807) is 0 Å². The number of rotatable bonds is 5. The van der Waals surface area contributed by atoms with E-state index in [1.807, 2.05) is 0 Å². The molecule has 0 aromatic heterocycles. The highest BCUT2D eigenvalue weighted by molar-refractivity contribution is 6.96. The summed E-state index contributed by atoms with van der Waals surface area (Å²) in [5, 5.41) is 0. The maximum Gasteiger partial charge on any atom is 0.248 e. The van der Waals surface area contributed by atoms with Crippen LogP contribution in [-0.4, -0.2) is 6.71 Å². The maximum absolute atomic E-state index is 2.60. The number of para-hydroxylation sites is 1. The SMILES string of the molecule is CC(C)(C)c1ccc(-c2cccc(N3C4=C(B5c6ccc(-c7ccc(C(C)(C)C)cc7)cc6N(c6ccccc6)c6cccc3c65)C(C)(C)c3cc(-c5ccccc5)ccc34)c2)cc1. The fourth-order valence-corrected chi connectivity index (χ4v) is 10.8. The fourth-order valence-electron chi connectivity index (χ4n) is 10.8. The van der Waals surface area contributed by atoms with Crippen LogP contribution in [0.4, 0.5) is 28.4 Å². The van der Waals surface area contributed by atoms with E-state index in [4.69, 9.17) is 0 Å². The Hall–Kier alpha value is -6.84. The Morgan fingerprint density at radius 2 is 0.891 bits per heavy atom. The molecular weight excluding hydrogens is 771 g/mol. The first-order valence-corrected chi connectivity index (χ1v) is 23.0. The lowest BCUT2D eigenvalue weighted by molar-refractivity contribution is 0.590. The van der Waals surface area contributed by atoms with Crippen molar-refractivity contribution >= 4 is 51.8 Å². The standard InChI is InChI=1S/C61H55BN2/c1-59(2,3)46-31-25-41(26-32-46)43-19-15-22-49(37-43)64-54-24-16-23-53-56(54)62(58-57(64)50-35-29-44(38-51(50)61(58,7)8)40-17-11-9-12-18-40)52-36-30-45(42-27-33-47(34-28-42)60(4,5)6)39-55(52)63(53)48-20-13-10-14-21-48/h9-39H,1-8H3. The Morgan fingerprint density at radius 1 is 0.406 bits per heavy atom. The van der Waals surface area contributed by atoms with Crippen molar-refractivity contribution in [1.29, 1.82) is 0 Å². The van der Waals surface area contributed by atoms with Gasteiger partial charge in [-0.25, -0.2) is 0 Å². The molecule has 0 fully saturated rings. The number of benzene rings is 8. The molecule has 8 aromatic carbocycles. The summed E-state index contributed by atoms with van der Waals surface area (Å²) >= 11 is 0. The molecule has 1 aliphatic carbocycles. The van der Waals surface area contributed by atoms with Crippen LogP contribution >= 0.6 is 0 Å². The lowest BCUT2D eigenvalue weighted by Gasteiger charge is -2.46. The lowest BCUT2D eigenvalue weighted by atomic mass is 9.30. The Labute approximate surface area is 380 Å². The van der Waals surface area contributed by atoms with Crippen molar-refractivity contribution in [3.05, 3.63) is 216 Å². The largest absolute Gasteiger partial charge is 0.311 e. The van der Waals surface area contributed by atoms with Crippen molar-refractivity contribution in [2.75, 3.05) is 9.80 Å².